The van der Waals surface area contributed by atoms with E-state index in [1.807, 2.05) is 0 Å². The highest BCUT2D eigenvalue weighted by atomic mass is 35.5. The van der Waals surface area contributed by atoms with E-state index < -0.39 is 11.9 Å². The van der Waals surface area contributed by atoms with Gasteiger partial charge in [-0.2, -0.15) is 13.2 Å². The van der Waals surface area contributed by atoms with Crippen LogP contribution in [0.15, 0.2) is 12.1 Å². The molecule has 2 aromatic heterocycles. The fourth-order valence-corrected chi connectivity index (χ4v) is 3.80. The van der Waals surface area contributed by atoms with Gasteiger partial charge in [0.2, 0.25) is 0 Å². The highest BCUT2D eigenvalue weighted by Gasteiger charge is 2.33. The summed E-state index contributed by atoms with van der Waals surface area (Å²) in [5.41, 5.74) is -0.267. The van der Waals surface area contributed by atoms with Crippen molar-refractivity contribution >= 4 is 39.9 Å². The fourth-order valence-electron chi connectivity index (χ4n) is 2.70. The zero-order valence-corrected chi connectivity index (χ0v) is 14.5. The number of nitrogens with zero attached hydrogens (tertiary/aromatic N) is 1. The number of carbonyl (C=O) groups excluding carboxylic acids is 1. The molecule has 1 fully saturated rings. The number of carbonyl (C=O) groups is 1. The number of amides is 1. The molecule has 0 radical (unpaired) electrons. The van der Waals surface area contributed by atoms with Gasteiger partial charge in [0, 0.05) is 18.0 Å². The van der Waals surface area contributed by atoms with Gasteiger partial charge < -0.3 is 10.6 Å². The zero-order chi connectivity index (χ0) is 16.6. The van der Waals surface area contributed by atoms with Gasteiger partial charge in [0.05, 0.1) is 4.88 Å². The molecule has 2 N–H and O–H groups in total. The lowest BCUT2D eigenvalue weighted by Gasteiger charge is -2.10. The Kier molecular flexibility index (Phi) is 5.72. The van der Waals surface area contributed by atoms with Crippen LogP contribution in [0.2, 0.25) is 0 Å². The maximum atomic E-state index is 12.7. The van der Waals surface area contributed by atoms with E-state index >= 15 is 0 Å². The molecule has 0 aliphatic carbocycles. The first-order valence-corrected chi connectivity index (χ1v) is 8.17. The van der Waals surface area contributed by atoms with Crippen LogP contribution in [-0.4, -0.2) is 30.0 Å². The first-order valence-electron chi connectivity index (χ1n) is 7.35. The van der Waals surface area contributed by atoms with Gasteiger partial charge in [-0.3, -0.25) is 4.79 Å². The van der Waals surface area contributed by atoms with E-state index in [9.17, 15) is 18.0 Å². The smallest absolute Gasteiger partial charge is 0.350 e. The molecule has 0 aromatic carbocycles. The number of halogens is 4. The molecule has 3 heterocycles. The number of hydrogen-bond acceptors (Lipinski definition) is 4. The largest absolute Gasteiger partial charge is 0.433 e. The predicted molar refractivity (Wildman–Crippen MR) is 90.0 cm³/mol. The number of fused-ring (bicyclic) bond motifs is 1. The van der Waals surface area contributed by atoms with E-state index in [0.29, 0.717) is 22.4 Å². The third-order valence-electron chi connectivity index (χ3n) is 3.97. The molecule has 1 aliphatic rings. The average Bonchev–Trinajstić information content (AvgIpc) is 3.12. The van der Waals surface area contributed by atoms with Crippen LogP contribution < -0.4 is 10.6 Å². The Bertz CT molecular complexity index is 741. The summed E-state index contributed by atoms with van der Waals surface area (Å²) in [6, 6.07) is 2.60. The molecule has 0 bridgehead atoms. The molecule has 0 saturated carbocycles. The van der Waals surface area contributed by atoms with Crippen molar-refractivity contribution in [2.24, 2.45) is 0 Å². The average molecular weight is 380 g/mol. The molecule has 1 aliphatic heterocycles. The number of nitrogens with one attached hydrogen (secondary N) is 2. The highest BCUT2D eigenvalue weighted by Crippen LogP contribution is 2.34. The number of aryl methyl sites for hydroxylation is 1. The Morgan fingerprint density at radius 1 is 1.46 bits per heavy atom. The normalized spacial score (nSPS) is 17.8. The van der Waals surface area contributed by atoms with E-state index in [4.69, 9.17) is 0 Å². The number of aromatic nitrogens is 1. The maximum absolute atomic E-state index is 12.7. The van der Waals surface area contributed by atoms with Gasteiger partial charge in [-0.25, -0.2) is 4.98 Å². The number of alkyl halides is 3. The number of rotatable bonds is 3. The molecule has 24 heavy (non-hydrogen) atoms. The van der Waals surface area contributed by atoms with Crippen molar-refractivity contribution in [3.8, 4) is 0 Å². The molecule has 1 saturated heterocycles. The van der Waals surface area contributed by atoms with Gasteiger partial charge in [0.25, 0.3) is 5.91 Å². The third kappa shape index (κ3) is 3.81. The van der Waals surface area contributed by atoms with E-state index in [0.717, 1.165) is 36.8 Å². The lowest BCUT2D eigenvalue weighted by Crippen LogP contribution is -2.37. The second kappa shape index (κ2) is 7.25. The summed E-state index contributed by atoms with van der Waals surface area (Å²) in [6.45, 7) is 3.21. The lowest BCUT2D eigenvalue weighted by molar-refractivity contribution is -0.140. The molecule has 132 valence electrons. The standard InChI is InChI=1S/C15H16F3N3OS.ClH/c1-8-10-4-5-11(15(16,17)18)21-14(10)23-12(8)13(22)20-7-9-3-2-6-19-9;/h4-5,9,19H,2-3,6-7H2,1H3,(H,20,22);1H. The molecule has 1 unspecified atom stereocenters. The summed E-state index contributed by atoms with van der Waals surface area (Å²) < 4.78 is 38.2. The van der Waals surface area contributed by atoms with Crippen molar-refractivity contribution in [1.82, 2.24) is 15.6 Å². The minimum absolute atomic E-state index is 0. The quantitative estimate of drug-likeness (QED) is 0.857. The maximum Gasteiger partial charge on any atom is 0.433 e. The highest BCUT2D eigenvalue weighted by molar-refractivity contribution is 7.20. The molecule has 0 spiro atoms. The Labute approximate surface area is 147 Å². The van der Waals surface area contributed by atoms with Crippen LogP contribution in [-0.2, 0) is 6.18 Å². The van der Waals surface area contributed by atoms with Gasteiger partial charge in [0.15, 0.2) is 0 Å². The van der Waals surface area contributed by atoms with E-state index in [-0.39, 0.29) is 29.2 Å². The van der Waals surface area contributed by atoms with E-state index in [1.54, 1.807) is 6.92 Å². The van der Waals surface area contributed by atoms with Crippen molar-refractivity contribution in [3.05, 3.63) is 28.3 Å². The SMILES string of the molecule is Cc1c(C(=O)NCC2CCCN2)sc2nc(C(F)(F)F)ccc12.Cl. The van der Waals surface area contributed by atoms with Crippen molar-refractivity contribution < 1.29 is 18.0 Å². The van der Waals surface area contributed by atoms with Crippen LogP contribution in [0.4, 0.5) is 13.2 Å². The van der Waals surface area contributed by atoms with Crippen molar-refractivity contribution in [1.29, 1.82) is 0 Å². The molecule has 3 rings (SSSR count). The first kappa shape index (κ1) is 19.0. The van der Waals surface area contributed by atoms with Crippen LogP contribution in [0.25, 0.3) is 10.2 Å². The summed E-state index contributed by atoms with van der Waals surface area (Å²) in [5, 5.41) is 6.72. The van der Waals surface area contributed by atoms with Crippen LogP contribution in [0.1, 0.15) is 33.8 Å². The second-order valence-electron chi connectivity index (χ2n) is 5.61. The first-order chi connectivity index (χ1) is 10.9. The van der Waals surface area contributed by atoms with Crippen molar-refractivity contribution in [2.75, 3.05) is 13.1 Å². The summed E-state index contributed by atoms with van der Waals surface area (Å²) in [5.74, 6) is -0.257. The monoisotopic (exact) mass is 379 g/mol. The topological polar surface area (TPSA) is 54.0 Å². The zero-order valence-electron chi connectivity index (χ0n) is 12.9. The number of pyridine rings is 1. The summed E-state index contributed by atoms with van der Waals surface area (Å²) in [4.78, 5) is 16.6. The van der Waals surface area contributed by atoms with E-state index in [2.05, 4.69) is 15.6 Å². The van der Waals surface area contributed by atoms with Gasteiger partial charge in [0.1, 0.15) is 10.5 Å². The molecule has 1 amide bonds. The van der Waals surface area contributed by atoms with Crippen LogP contribution >= 0.6 is 23.7 Å². The molecule has 9 heteroatoms. The van der Waals surface area contributed by atoms with Gasteiger partial charge in [-0.1, -0.05) is 0 Å². The molecular weight excluding hydrogens is 363 g/mol. The Hall–Kier alpha value is -1.38. The molecule has 2 aromatic rings. The fraction of sp³-hybridized carbons (Fsp3) is 0.467. The number of hydrogen-bond donors (Lipinski definition) is 2. The van der Waals surface area contributed by atoms with Crippen molar-refractivity contribution in [2.45, 2.75) is 32.0 Å². The number of thiophene rings is 1. The predicted octanol–water partition coefficient (Wildman–Crippen LogP) is 3.53. The van der Waals surface area contributed by atoms with Gasteiger partial charge in [-0.05, 0) is 44.0 Å². The lowest BCUT2D eigenvalue weighted by atomic mass is 10.1. The van der Waals surface area contributed by atoms with E-state index in [1.165, 1.54) is 6.07 Å². The molecule has 4 nitrogen and oxygen atoms in total. The van der Waals surface area contributed by atoms with Gasteiger partial charge in [-0.15, -0.1) is 23.7 Å². The van der Waals surface area contributed by atoms with Crippen molar-refractivity contribution in [3.63, 3.8) is 0 Å². The Morgan fingerprint density at radius 2 is 2.21 bits per heavy atom. The van der Waals surface area contributed by atoms with Crippen LogP contribution in [0.5, 0.6) is 0 Å². The summed E-state index contributed by atoms with van der Waals surface area (Å²) in [7, 11) is 0. The summed E-state index contributed by atoms with van der Waals surface area (Å²) >= 11 is 1.00. The third-order valence-corrected chi connectivity index (χ3v) is 5.17. The minimum Gasteiger partial charge on any atom is -0.350 e. The molecular formula is C15H17ClF3N3OS. The van der Waals surface area contributed by atoms with Gasteiger partial charge >= 0.3 is 6.18 Å². The summed E-state index contributed by atoms with van der Waals surface area (Å²) in [6.07, 6.45) is -2.38. The Balaban J connectivity index is 0.00000208. The van der Waals surface area contributed by atoms with Crippen LogP contribution in [0, 0.1) is 6.92 Å². The minimum atomic E-state index is -4.48. The Morgan fingerprint density at radius 3 is 2.83 bits per heavy atom. The molecule has 1 atom stereocenters. The second-order valence-corrected chi connectivity index (χ2v) is 6.61. The van der Waals surface area contributed by atoms with Crippen LogP contribution in [0.3, 0.4) is 0 Å².